The van der Waals surface area contributed by atoms with Crippen LogP contribution in [0, 0.1) is 0 Å². The molecule has 1 saturated heterocycles. The normalized spacial score (nSPS) is 23.7. The van der Waals surface area contributed by atoms with Gasteiger partial charge in [-0.3, -0.25) is 9.89 Å². The molecule has 176 valence electrons. The van der Waals surface area contributed by atoms with Gasteiger partial charge in [-0.05, 0) is 61.0 Å². The van der Waals surface area contributed by atoms with Crippen LogP contribution in [0.4, 0.5) is 11.5 Å². The first-order valence-corrected chi connectivity index (χ1v) is 12.8. The molecule has 35 heavy (non-hydrogen) atoms. The van der Waals surface area contributed by atoms with E-state index >= 15 is 0 Å². The monoisotopic (exact) mass is 528 g/mol. The first-order valence-electron chi connectivity index (χ1n) is 12.0. The van der Waals surface area contributed by atoms with Gasteiger partial charge in [0.05, 0.1) is 10.9 Å². The number of nitrogens with zero attached hydrogens (tertiary/aromatic N) is 4. The molecule has 1 spiro atoms. The van der Waals surface area contributed by atoms with Crippen LogP contribution in [0.5, 0.6) is 0 Å². The number of rotatable bonds is 3. The minimum atomic E-state index is -0.460. The Morgan fingerprint density at radius 1 is 1.06 bits per heavy atom. The lowest BCUT2D eigenvalue weighted by Gasteiger charge is -2.33. The highest BCUT2D eigenvalue weighted by Crippen LogP contribution is 2.65. The molecule has 1 saturated carbocycles. The van der Waals surface area contributed by atoms with Gasteiger partial charge in [0.1, 0.15) is 11.5 Å². The van der Waals surface area contributed by atoms with Crippen molar-refractivity contribution >= 4 is 44.2 Å². The van der Waals surface area contributed by atoms with Gasteiger partial charge >= 0.3 is 0 Å². The number of aromatic nitrogens is 3. The predicted molar refractivity (Wildman–Crippen MR) is 141 cm³/mol. The van der Waals surface area contributed by atoms with Crippen molar-refractivity contribution < 1.29 is 4.79 Å². The van der Waals surface area contributed by atoms with Gasteiger partial charge in [0, 0.05) is 59.4 Å². The second-order valence-electron chi connectivity index (χ2n) is 9.94. The Kier molecular flexibility index (Phi) is 4.60. The molecule has 1 aliphatic carbocycles. The number of carbonyl (C=O) groups is 1. The summed E-state index contributed by atoms with van der Waals surface area (Å²) in [6.07, 6.45) is 2.75. The van der Waals surface area contributed by atoms with Crippen molar-refractivity contribution in [3.63, 3.8) is 0 Å². The van der Waals surface area contributed by atoms with Crippen LogP contribution in [0.15, 0.2) is 59.2 Å². The quantitative estimate of drug-likeness (QED) is 0.408. The fourth-order valence-electron chi connectivity index (χ4n) is 5.79. The minimum Gasteiger partial charge on any atom is -0.354 e. The summed E-state index contributed by atoms with van der Waals surface area (Å²) in [7, 11) is 2.16. The molecule has 7 rings (SSSR count). The van der Waals surface area contributed by atoms with Gasteiger partial charge in [-0.25, -0.2) is 4.98 Å². The first-order chi connectivity index (χ1) is 17.0. The molecule has 2 aromatic heterocycles. The highest BCUT2D eigenvalue weighted by Gasteiger charge is 2.65. The van der Waals surface area contributed by atoms with Gasteiger partial charge in [0.2, 0.25) is 5.91 Å². The van der Waals surface area contributed by atoms with E-state index in [1.807, 2.05) is 18.3 Å². The number of hydrogen-bond acceptors (Lipinski definition) is 5. The molecule has 2 atom stereocenters. The smallest absolute Gasteiger partial charge is 0.235 e. The van der Waals surface area contributed by atoms with E-state index in [9.17, 15) is 4.79 Å². The van der Waals surface area contributed by atoms with E-state index in [2.05, 4.69) is 84.7 Å². The number of anilines is 2. The number of nitrogens with one attached hydrogen (secondary N) is 2. The summed E-state index contributed by atoms with van der Waals surface area (Å²) in [5.41, 5.74) is 5.62. The van der Waals surface area contributed by atoms with E-state index < -0.39 is 5.41 Å². The number of amides is 1. The molecule has 0 radical (unpaired) electrons. The lowest BCUT2D eigenvalue weighted by Crippen LogP contribution is -2.44. The van der Waals surface area contributed by atoms with E-state index in [0.717, 1.165) is 76.3 Å². The predicted octanol–water partition coefficient (Wildman–Crippen LogP) is 4.52. The third-order valence-corrected chi connectivity index (χ3v) is 8.41. The van der Waals surface area contributed by atoms with Gasteiger partial charge in [0.25, 0.3) is 0 Å². The Labute approximate surface area is 211 Å². The van der Waals surface area contributed by atoms with Crippen LogP contribution in [0.3, 0.4) is 0 Å². The average molecular weight is 529 g/mol. The number of H-pyrrole nitrogens is 1. The van der Waals surface area contributed by atoms with E-state index in [1.54, 1.807) is 0 Å². The fourth-order valence-corrected chi connectivity index (χ4v) is 6.15. The highest BCUT2D eigenvalue weighted by molar-refractivity contribution is 9.10. The standard InChI is InChI=1S/C27H25BrN6O/c1-33-8-10-34(11-9-33)24-7-3-17(15-29-24)25-19-5-2-16(12-23(19)31-32-25)21-14-27(21)20-13-18(28)4-6-22(20)30-26(27)35/h2-7,12-13,15,21H,8-11,14H2,1H3,(H,30,35)(H,31,32). The highest BCUT2D eigenvalue weighted by atomic mass is 79.9. The molecule has 2 aromatic carbocycles. The fraction of sp³-hybridized carbons (Fsp3) is 0.296. The van der Waals surface area contributed by atoms with Gasteiger partial charge in [0.15, 0.2) is 0 Å². The molecule has 7 nitrogen and oxygen atoms in total. The third kappa shape index (κ3) is 3.23. The van der Waals surface area contributed by atoms with E-state index in [-0.39, 0.29) is 11.8 Å². The van der Waals surface area contributed by atoms with Gasteiger partial charge in [-0.1, -0.05) is 28.1 Å². The van der Waals surface area contributed by atoms with E-state index in [4.69, 9.17) is 4.98 Å². The molecule has 2 unspecified atom stereocenters. The molecule has 2 fully saturated rings. The number of aromatic amines is 1. The molecule has 4 aromatic rings. The maximum absolute atomic E-state index is 13.0. The maximum atomic E-state index is 13.0. The average Bonchev–Trinajstić information content (AvgIpc) is 3.40. The number of halogens is 1. The van der Waals surface area contributed by atoms with Crippen molar-refractivity contribution in [2.45, 2.75) is 17.8 Å². The SMILES string of the molecule is CN1CCN(c2ccc(-c3n[nH]c4cc(C5CC56C(=O)Nc5ccc(Br)cc56)ccc34)cn2)CC1. The Balaban J connectivity index is 1.17. The van der Waals surface area contributed by atoms with Gasteiger partial charge in [-0.2, -0.15) is 5.10 Å². The van der Waals surface area contributed by atoms with Crippen molar-refractivity contribution in [1.29, 1.82) is 0 Å². The summed E-state index contributed by atoms with van der Waals surface area (Å²) in [6, 6.07) is 16.7. The van der Waals surface area contributed by atoms with Crippen molar-refractivity contribution in [1.82, 2.24) is 20.1 Å². The van der Waals surface area contributed by atoms with Crippen LogP contribution in [-0.2, 0) is 10.2 Å². The van der Waals surface area contributed by atoms with E-state index in [0.29, 0.717) is 0 Å². The van der Waals surface area contributed by atoms with Crippen LogP contribution >= 0.6 is 15.9 Å². The van der Waals surface area contributed by atoms with Gasteiger partial charge in [-0.15, -0.1) is 0 Å². The second kappa shape index (κ2) is 7.63. The van der Waals surface area contributed by atoms with Crippen molar-refractivity contribution in [2.75, 3.05) is 43.4 Å². The number of fused-ring (bicyclic) bond motifs is 3. The Bertz CT molecular complexity index is 1470. The van der Waals surface area contributed by atoms with Crippen molar-refractivity contribution in [3.05, 3.63) is 70.3 Å². The van der Waals surface area contributed by atoms with Crippen LogP contribution in [0.1, 0.15) is 23.5 Å². The molecule has 2 N–H and O–H groups in total. The number of hydrogen-bond donors (Lipinski definition) is 2. The number of likely N-dealkylation sites (N-methyl/N-ethyl adjacent to an activating group) is 1. The number of pyridine rings is 1. The van der Waals surface area contributed by atoms with E-state index in [1.165, 1.54) is 5.56 Å². The first kappa shape index (κ1) is 21.1. The van der Waals surface area contributed by atoms with Crippen LogP contribution in [0.25, 0.3) is 22.2 Å². The second-order valence-corrected chi connectivity index (χ2v) is 10.9. The Hall–Kier alpha value is -3.23. The summed E-state index contributed by atoms with van der Waals surface area (Å²) >= 11 is 3.57. The maximum Gasteiger partial charge on any atom is 0.235 e. The summed E-state index contributed by atoms with van der Waals surface area (Å²) in [5, 5.41) is 12.0. The lowest BCUT2D eigenvalue weighted by molar-refractivity contribution is -0.118. The molecule has 8 heteroatoms. The van der Waals surface area contributed by atoms with Crippen molar-refractivity contribution in [3.8, 4) is 11.3 Å². The zero-order valence-electron chi connectivity index (χ0n) is 19.4. The number of carbonyl (C=O) groups excluding carboxylic acids is 1. The van der Waals surface area contributed by atoms with Crippen LogP contribution in [-0.4, -0.2) is 59.2 Å². The van der Waals surface area contributed by atoms with Crippen LogP contribution < -0.4 is 10.2 Å². The van der Waals surface area contributed by atoms with Crippen molar-refractivity contribution in [2.24, 2.45) is 0 Å². The van der Waals surface area contributed by atoms with Crippen LogP contribution in [0.2, 0.25) is 0 Å². The Morgan fingerprint density at radius 2 is 1.91 bits per heavy atom. The number of piperazine rings is 1. The van der Waals surface area contributed by atoms with Gasteiger partial charge < -0.3 is 15.1 Å². The molecule has 4 heterocycles. The Morgan fingerprint density at radius 3 is 2.71 bits per heavy atom. The summed E-state index contributed by atoms with van der Waals surface area (Å²) in [4.78, 5) is 22.4. The molecule has 2 aliphatic heterocycles. The molecule has 3 aliphatic rings. The summed E-state index contributed by atoms with van der Waals surface area (Å²) < 4.78 is 0.999. The minimum absolute atomic E-state index is 0.104. The largest absolute Gasteiger partial charge is 0.354 e. The molecular weight excluding hydrogens is 504 g/mol. The topological polar surface area (TPSA) is 77.1 Å². The lowest BCUT2D eigenvalue weighted by atomic mass is 9.92. The number of benzene rings is 2. The summed E-state index contributed by atoms with van der Waals surface area (Å²) in [6.45, 7) is 4.11. The zero-order valence-corrected chi connectivity index (χ0v) is 21.0. The zero-order chi connectivity index (χ0) is 23.7. The molecule has 0 bridgehead atoms. The molecule has 1 amide bonds. The summed E-state index contributed by atoms with van der Waals surface area (Å²) in [5.74, 6) is 1.29. The molecular formula is C27H25BrN6O. The third-order valence-electron chi connectivity index (χ3n) is 7.91.